The van der Waals surface area contributed by atoms with Crippen LogP contribution in [0, 0.1) is 21.6 Å². The van der Waals surface area contributed by atoms with E-state index in [4.69, 9.17) is 22.0 Å². The summed E-state index contributed by atoms with van der Waals surface area (Å²) in [6.45, 7) is 6.49. The molecule has 0 bridgehead atoms. The summed E-state index contributed by atoms with van der Waals surface area (Å²) in [6, 6.07) is 7.48. The fourth-order valence-corrected chi connectivity index (χ4v) is 5.80. The van der Waals surface area contributed by atoms with Crippen LogP contribution in [0.3, 0.4) is 0 Å². The van der Waals surface area contributed by atoms with Crippen molar-refractivity contribution in [2.75, 3.05) is 0 Å². The average molecular weight is 477 g/mol. The van der Waals surface area contributed by atoms with E-state index in [-0.39, 0.29) is 5.91 Å². The van der Waals surface area contributed by atoms with Gasteiger partial charge in [0.25, 0.3) is 5.91 Å². The first-order chi connectivity index (χ1) is 16.2. The van der Waals surface area contributed by atoms with Crippen molar-refractivity contribution in [1.29, 1.82) is 16.2 Å². The maximum Gasteiger partial charge on any atom is 0.268 e. The Bertz CT molecular complexity index is 1220. The molecule has 0 fully saturated rings. The summed E-state index contributed by atoms with van der Waals surface area (Å²) >= 11 is 1.57. The molecule has 2 heterocycles. The lowest BCUT2D eigenvalue weighted by Gasteiger charge is -2.29. The van der Waals surface area contributed by atoms with Gasteiger partial charge in [-0.15, -0.1) is 0 Å². The van der Waals surface area contributed by atoms with Gasteiger partial charge in [-0.25, -0.2) is 0 Å². The summed E-state index contributed by atoms with van der Waals surface area (Å²) < 4.78 is 1.90. The molecule has 0 spiro atoms. The third-order valence-electron chi connectivity index (χ3n) is 6.39. The number of nitrogens with two attached hydrogens (primary N) is 1. The Balaban J connectivity index is 1.99. The maximum atomic E-state index is 13.3. The number of carbonyl (C=O) groups excluding carboxylic acids is 1. The number of hydrogen-bond acceptors (Lipinski definition) is 6. The summed E-state index contributed by atoms with van der Waals surface area (Å²) in [5.74, 6) is -0.251. The van der Waals surface area contributed by atoms with Crippen LogP contribution >= 0.6 is 11.8 Å². The number of thioether (sulfide) groups is 1. The Labute approximate surface area is 205 Å². The second-order valence-electron chi connectivity index (χ2n) is 8.89. The Hall–Kier alpha value is -3.39. The molecule has 2 aromatic rings. The molecule has 7 nitrogen and oxygen atoms in total. The van der Waals surface area contributed by atoms with E-state index < -0.39 is 5.41 Å². The van der Waals surface area contributed by atoms with Gasteiger partial charge in [-0.1, -0.05) is 41.6 Å². The van der Waals surface area contributed by atoms with Crippen LogP contribution in [0.4, 0.5) is 0 Å². The predicted octanol–water partition coefficient (Wildman–Crippen LogP) is 4.78. The van der Waals surface area contributed by atoms with Crippen LogP contribution in [0.5, 0.6) is 0 Å². The summed E-state index contributed by atoms with van der Waals surface area (Å²) in [6.07, 6.45) is 6.92. The minimum atomic E-state index is -0.484. The lowest BCUT2D eigenvalue weighted by Crippen LogP contribution is -2.27. The van der Waals surface area contributed by atoms with Crippen LogP contribution in [0.2, 0.25) is 0 Å². The van der Waals surface area contributed by atoms with Crippen molar-refractivity contribution in [2.24, 2.45) is 18.2 Å². The molecule has 1 amide bonds. The normalized spacial score (nSPS) is 14.3. The van der Waals surface area contributed by atoms with Crippen molar-refractivity contribution in [3.05, 3.63) is 74.6 Å². The number of rotatable bonds is 8. The van der Waals surface area contributed by atoms with Crippen molar-refractivity contribution in [2.45, 2.75) is 45.1 Å². The van der Waals surface area contributed by atoms with Crippen molar-refractivity contribution in [1.82, 2.24) is 9.88 Å². The topological polar surface area (TPSA) is 132 Å². The zero-order valence-corrected chi connectivity index (χ0v) is 20.9. The molecular formula is C26H32N6OS. The molecule has 1 aromatic carbocycles. The molecule has 0 atom stereocenters. The number of fused-ring (bicyclic) bond motifs is 1. The van der Waals surface area contributed by atoms with E-state index >= 15 is 0 Å². The van der Waals surface area contributed by atoms with E-state index in [0.717, 1.165) is 39.5 Å². The highest BCUT2D eigenvalue weighted by Crippen LogP contribution is 2.49. The van der Waals surface area contributed by atoms with Crippen molar-refractivity contribution in [3.8, 4) is 0 Å². The lowest BCUT2D eigenvalue weighted by atomic mass is 9.85. The molecule has 178 valence electrons. The minimum absolute atomic E-state index is 0.251. The molecule has 8 heteroatoms. The second kappa shape index (κ2) is 10.3. The molecule has 0 radical (unpaired) electrons. The largest absolute Gasteiger partial charge is 0.401 e. The SMILES string of the molecule is CC1=C(C(C)(C)C(N)=CC=N)Sc2c(C=N)c(C(=O)NCc3ccccc3C=N)n(C)c2CC1. The zero-order valence-electron chi connectivity index (χ0n) is 20.1. The van der Waals surface area contributed by atoms with Crippen LogP contribution in [0.25, 0.3) is 0 Å². The van der Waals surface area contributed by atoms with E-state index in [1.165, 1.54) is 24.2 Å². The maximum absolute atomic E-state index is 13.3. The fraction of sp³-hybridized carbons (Fsp3) is 0.308. The van der Waals surface area contributed by atoms with Gasteiger partial charge < -0.3 is 31.8 Å². The quantitative estimate of drug-likeness (QED) is 0.351. The molecule has 34 heavy (non-hydrogen) atoms. The van der Waals surface area contributed by atoms with E-state index in [1.807, 2.05) is 49.7 Å². The highest BCUT2D eigenvalue weighted by molar-refractivity contribution is 8.03. The number of nitrogens with zero attached hydrogens (tertiary/aromatic N) is 1. The third-order valence-corrected chi connectivity index (χ3v) is 8.11. The number of carbonyl (C=O) groups is 1. The van der Waals surface area contributed by atoms with E-state index in [9.17, 15) is 4.79 Å². The first kappa shape index (κ1) is 25.2. The van der Waals surface area contributed by atoms with E-state index in [2.05, 4.69) is 12.2 Å². The second-order valence-corrected chi connectivity index (χ2v) is 9.91. The van der Waals surface area contributed by atoms with Gasteiger partial charge in [0.1, 0.15) is 5.69 Å². The zero-order chi connectivity index (χ0) is 25.0. The number of amides is 1. The van der Waals surface area contributed by atoms with Crippen LogP contribution in [-0.2, 0) is 20.0 Å². The molecule has 0 unspecified atom stereocenters. The Morgan fingerprint density at radius 3 is 2.56 bits per heavy atom. The summed E-state index contributed by atoms with van der Waals surface area (Å²) in [5, 5.41) is 26.1. The van der Waals surface area contributed by atoms with Gasteiger partial charge in [-0.2, -0.15) is 0 Å². The highest BCUT2D eigenvalue weighted by Gasteiger charge is 2.34. The van der Waals surface area contributed by atoms with Crippen LogP contribution in [0.1, 0.15) is 60.1 Å². The summed E-state index contributed by atoms with van der Waals surface area (Å²) in [4.78, 5) is 15.3. The Morgan fingerprint density at radius 1 is 1.21 bits per heavy atom. The van der Waals surface area contributed by atoms with Crippen LogP contribution in [0.15, 0.2) is 51.4 Å². The Kier molecular flexibility index (Phi) is 7.61. The standard InChI is InChI=1S/C26H32N6OS/c1-16-9-10-20-23(34-24(16)26(2,3)21(30)11-12-27)19(14-29)22(32(20)4)25(33)31-15-18-8-6-5-7-17(18)13-28/h5-8,11-14,27-29H,9-10,15,30H2,1-4H3,(H,31,33). The monoisotopic (exact) mass is 476 g/mol. The Morgan fingerprint density at radius 2 is 1.91 bits per heavy atom. The van der Waals surface area contributed by atoms with Gasteiger partial charge in [-0.05, 0) is 50.8 Å². The average Bonchev–Trinajstić information content (AvgIpc) is 2.96. The lowest BCUT2D eigenvalue weighted by molar-refractivity contribution is 0.0942. The molecule has 1 aliphatic rings. The van der Waals surface area contributed by atoms with E-state index in [0.29, 0.717) is 23.5 Å². The van der Waals surface area contributed by atoms with Crippen molar-refractivity contribution >= 4 is 36.3 Å². The van der Waals surface area contributed by atoms with Crippen molar-refractivity contribution < 1.29 is 4.79 Å². The van der Waals surface area contributed by atoms with Gasteiger partial charge in [0, 0.05) is 64.4 Å². The summed E-state index contributed by atoms with van der Waals surface area (Å²) in [7, 11) is 1.88. The van der Waals surface area contributed by atoms with Gasteiger partial charge >= 0.3 is 0 Å². The first-order valence-electron chi connectivity index (χ1n) is 11.1. The van der Waals surface area contributed by atoms with Gasteiger partial charge in [0.2, 0.25) is 0 Å². The van der Waals surface area contributed by atoms with Gasteiger partial charge in [0.05, 0.1) is 0 Å². The molecule has 0 saturated carbocycles. The molecule has 3 rings (SSSR count). The first-order valence-corrected chi connectivity index (χ1v) is 11.9. The predicted molar refractivity (Wildman–Crippen MR) is 141 cm³/mol. The number of hydrogen-bond donors (Lipinski definition) is 5. The van der Waals surface area contributed by atoms with Gasteiger partial charge in [0.15, 0.2) is 0 Å². The van der Waals surface area contributed by atoms with E-state index in [1.54, 1.807) is 17.8 Å². The molecule has 1 aromatic heterocycles. The smallest absolute Gasteiger partial charge is 0.268 e. The van der Waals surface area contributed by atoms with Crippen LogP contribution in [-0.4, -0.2) is 29.1 Å². The van der Waals surface area contributed by atoms with Crippen molar-refractivity contribution in [3.63, 3.8) is 0 Å². The number of benzene rings is 1. The number of nitrogens with one attached hydrogen (secondary N) is 4. The number of aromatic nitrogens is 1. The minimum Gasteiger partial charge on any atom is -0.401 e. The molecule has 6 N–H and O–H groups in total. The number of allylic oxidation sites excluding steroid dienone is 3. The fourth-order valence-electron chi connectivity index (χ4n) is 4.33. The molecular weight excluding hydrogens is 444 g/mol. The molecule has 0 aliphatic carbocycles. The summed E-state index contributed by atoms with van der Waals surface area (Å²) in [5.41, 5.74) is 11.4. The molecule has 1 aliphatic heterocycles. The highest BCUT2D eigenvalue weighted by atomic mass is 32.2. The van der Waals surface area contributed by atoms with Gasteiger partial charge in [-0.3, -0.25) is 4.79 Å². The molecule has 0 saturated heterocycles. The third kappa shape index (κ3) is 4.63. The van der Waals surface area contributed by atoms with Crippen LogP contribution < -0.4 is 11.1 Å².